The molecule has 2 aromatic carbocycles. The van der Waals surface area contributed by atoms with Crippen LogP contribution in [0.2, 0.25) is 15.1 Å². The number of carbonyl (C=O) groups is 1. The third-order valence-electron chi connectivity index (χ3n) is 3.61. The Kier molecular flexibility index (Phi) is 5.47. The first kappa shape index (κ1) is 18.0. The van der Waals surface area contributed by atoms with Crippen molar-refractivity contribution in [2.75, 3.05) is 20.4 Å². The fraction of sp³-hybridized carbons (Fsp3) is 0.235. The summed E-state index contributed by atoms with van der Waals surface area (Å²) in [5.74, 6) is 1.48. The van der Waals surface area contributed by atoms with E-state index in [0.29, 0.717) is 38.9 Å². The zero-order valence-electron chi connectivity index (χ0n) is 13.2. The van der Waals surface area contributed by atoms with Crippen molar-refractivity contribution < 1.29 is 19.0 Å². The molecule has 0 atom stereocenters. The summed E-state index contributed by atoms with van der Waals surface area (Å²) in [5.41, 5.74) is 0.924. The van der Waals surface area contributed by atoms with Crippen molar-refractivity contribution in [1.82, 2.24) is 4.90 Å². The summed E-state index contributed by atoms with van der Waals surface area (Å²) in [7, 11) is 1.69. The molecule has 0 N–H and O–H groups in total. The molecule has 132 valence electrons. The molecule has 0 bridgehead atoms. The molecule has 2 aromatic rings. The van der Waals surface area contributed by atoms with Crippen LogP contribution in [0.5, 0.6) is 17.2 Å². The van der Waals surface area contributed by atoms with Crippen LogP contribution in [-0.2, 0) is 11.3 Å². The Bertz CT molecular complexity index is 813. The van der Waals surface area contributed by atoms with Crippen LogP contribution < -0.4 is 14.2 Å². The standard InChI is InChI=1S/C17H14Cl3NO4/c1-21(7-10-2-3-14-16(4-10)25-9-24-14)17(22)8-23-15-6-12(19)11(18)5-13(15)20/h2-6H,7-9H2,1H3. The molecule has 25 heavy (non-hydrogen) atoms. The van der Waals surface area contributed by atoms with E-state index in [4.69, 9.17) is 49.0 Å². The maximum absolute atomic E-state index is 12.3. The van der Waals surface area contributed by atoms with Crippen molar-refractivity contribution in [2.45, 2.75) is 6.54 Å². The average Bonchev–Trinajstić information content (AvgIpc) is 3.04. The molecule has 0 saturated heterocycles. The number of hydrogen-bond acceptors (Lipinski definition) is 4. The monoisotopic (exact) mass is 401 g/mol. The second-order valence-corrected chi connectivity index (χ2v) is 6.64. The first-order valence-electron chi connectivity index (χ1n) is 7.34. The maximum Gasteiger partial charge on any atom is 0.260 e. The minimum Gasteiger partial charge on any atom is -0.482 e. The van der Waals surface area contributed by atoms with Gasteiger partial charge in [-0.15, -0.1) is 0 Å². The lowest BCUT2D eigenvalue weighted by Crippen LogP contribution is -2.31. The van der Waals surface area contributed by atoms with Crippen molar-refractivity contribution in [3.05, 3.63) is 51.0 Å². The number of benzene rings is 2. The Morgan fingerprint density at radius 1 is 1.08 bits per heavy atom. The Labute approximate surface area is 159 Å². The normalized spacial score (nSPS) is 12.2. The predicted octanol–water partition coefficient (Wildman–Crippen LogP) is 4.41. The van der Waals surface area contributed by atoms with Crippen LogP contribution in [0, 0.1) is 0 Å². The Balaban J connectivity index is 1.59. The molecule has 0 fully saturated rings. The summed E-state index contributed by atoms with van der Waals surface area (Å²) in [6.45, 7) is 0.457. The lowest BCUT2D eigenvalue weighted by atomic mass is 10.2. The van der Waals surface area contributed by atoms with Crippen LogP contribution in [0.4, 0.5) is 0 Å². The van der Waals surface area contributed by atoms with E-state index in [1.54, 1.807) is 11.9 Å². The molecule has 0 unspecified atom stereocenters. The smallest absolute Gasteiger partial charge is 0.260 e. The summed E-state index contributed by atoms with van der Waals surface area (Å²) < 4.78 is 16.1. The van der Waals surface area contributed by atoms with E-state index in [-0.39, 0.29) is 19.3 Å². The highest BCUT2D eigenvalue weighted by Crippen LogP contribution is 2.34. The van der Waals surface area contributed by atoms with Gasteiger partial charge in [0.2, 0.25) is 6.79 Å². The van der Waals surface area contributed by atoms with Gasteiger partial charge in [0, 0.05) is 19.7 Å². The van der Waals surface area contributed by atoms with E-state index in [0.717, 1.165) is 5.56 Å². The number of likely N-dealkylation sites (N-methyl/N-ethyl adjacent to an activating group) is 1. The summed E-state index contributed by atoms with van der Waals surface area (Å²) >= 11 is 17.8. The molecule has 0 aromatic heterocycles. The van der Waals surface area contributed by atoms with E-state index in [9.17, 15) is 4.79 Å². The highest BCUT2D eigenvalue weighted by atomic mass is 35.5. The molecule has 1 aliphatic rings. The average molecular weight is 403 g/mol. The van der Waals surface area contributed by atoms with Crippen molar-refractivity contribution in [3.8, 4) is 17.2 Å². The topological polar surface area (TPSA) is 48.0 Å². The van der Waals surface area contributed by atoms with Gasteiger partial charge in [0.05, 0.1) is 15.1 Å². The molecular weight excluding hydrogens is 389 g/mol. The SMILES string of the molecule is CN(Cc1ccc2c(c1)OCO2)C(=O)COc1cc(Cl)c(Cl)cc1Cl. The molecule has 1 aliphatic heterocycles. The molecule has 3 rings (SSSR count). The minimum atomic E-state index is -0.209. The van der Waals surface area contributed by atoms with Crippen molar-refractivity contribution >= 4 is 40.7 Å². The summed E-state index contributed by atoms with van der Waals surface area (Å²) in [6.07, 6.45) is 0. The number of hydrogen-bond donors (Lipinski definition) is 0. The van der Waals surface area contributed by atoms with E-state index in [1.165, 1.54) is 12.1 Å². The van der Waals surface area contributed by atoms with Gasteiger partial charge in [-0.1, -0.05) is 40.9 Å². The predicted molar refractivity (Wildman–Crippen MR) is 96.0 cm³/mol. The number of ether oxygens (including phenoxy) is 3. The van der Waals surface area contributed by atoms with Gasteiger partial charge in [-0.2, -0.15) is 0 Å². The number of carbonyl (C=O) groups excluding carboxylic acids is 1. The fourth-order valence-corrected chi connectivity index (χ4v) is 2.86. The largest absolute Gasteiger partial charge is 0.482 e. The van der Waals surface area contributed by atoms with Crippen LogP contribution >= 0.6 is 34.8 Å². The molecule has 1 amide bonds. The number of nitrogens with zero attached hydrogens (tertiary/aromatic N) is 1. The summed E-state index contributed by atoms with van der Waals surface area (Å²) in [4.78, 5) is 13.8. The van der Waals surface area contributed by atoms with Crippen LogP contribution in [-0.4, -0.2) is 31.3 Å². The van der Waals surface area contributed by atoms with E-state index < -0.39 is 0 Å². The Morgan fingerprint density at radius 3 is 2.60 bits per heavy atom. The van der Waals surface area contributed by atoms with Crippen molar-refractivity contribution in [1.29, 1.82) is 0 Å². The van der Waals surface area contributed by atoms with Crippen molar-refractivity contribution in [3.63, 3.8) is 0 Å². The first-order valence-corrected chi connectivity index (χ1v) is 8.47. The van der Waals surface area contributed by atoms with E-state index >= 15 is 0 Å². The maximum atomic E-state index is 12.3. The van der Waals surface area contributed by atoms with Crippen molar-refractivity contribution in [2.24, 2.45) is 0 Å². The number of fused-ring (bicyclic) bond motifs is 1. The van der Waals surface area contributed by atoms with Gasteiger partial charge in [-0.3, -0.25) is 4.79 Å². The second-order valence-electron chi connectivity index (χ2n) is 5.42. The fourth-order valence-electron chi connectivity index (χ4n) is 2.27. The summed E-state index contributed by atoms with van der Waals surface area (Å²) in [6, 6.07) is 8.51. The Hall–Kier alpha value is -1.82. The van der Waals surface area contributed by atoms with E-state index in [2.05, 4.69) is 0 Å². The van der Waals surface area contributed by atoms with E-state index in [1.807, 2.05) is 18.2 Å². The Morgan fingerprint density at radius 2 is 1.80 bits per heavy atom. The quantitative estimate of drug-likeness (QED) is 0.695. The van der Waals surface area contributed by atoms with Crippen LogP contribution in [0.25, 0.3) is 0 Å². The molecule has 0 radical (unpaired) electrons. The molecule has 8 heteroatoms. The highest BCUT2D eigenvalue weighted by molar-refractivity contribution is 6.43. The lowest BCUT2D eigenvalue weighted by molar-refractivity contribution is -0.132. The lowest BCUT2D eigenvalue weighted by Gasteiger charge is -2.18. The zero-order chi connectivity index (χ0) is 18.0. The molecule has 0 saturated carbocycles. The minimum absolute atomic E-state index is 0.168. The number of halogens is 3. The van der Waals surface area contributed by atoms with Gasteiger partial charge < -0.3 is 19.1 Å². The van der Waals surface area contributed by atoms with Gasteiger partial charge in [0.25, 0.3) is 5.91 Å². The van der Waals surface area contributed by atoms with Crippen LogP contribution in [0.3, 0.4) is 0 Å². The summed E-state index contributed by atoms with van der Waals surface area (Å²) in [5, 5.41) is 0.924. The zero-order valence-corrected chi connectivity index (χ0v) is 15.5. The molecular formula is C17H14Cl3NO4. The first-order chi connectivity index (χ1) is 11.9. The van der Waals surface area contributed by atoms with Gasteiger partial charge in [0.15, 0.2) is 18.1 Å². The molecule has 0 spiro atoms. The highest BCUT2D eigenvalue weighted by Gasteiger charge is 2.16. The van der Waals surface area contributed by atoms with Crippen LogP contribution in [0.15, 0.2) is 30.3 Å². The third kappa shape index (κ3) is 4.24. The molecule has 0 aliphatic carbocycles. The molecule has 1 heterocycles. The van der Waals surface area contributed by atoms with Gasteiger partial charge in [-0.05, 0) is 23.8 Å². The number of amides is 1. The third-order valence-corrected chi connectivity index (χ3v) is 4.63. The van der Waals surface area contributed by atoms with Gasteiger partial charge in [-0.25, -0.2) is 0 Å². The second kappa shape index (κ2) is 7.60. The molecule has 5 nitrogen and oxygen atoms in total. The van der Waals surface area contributed by atoms with Gasteiger partial charge in [0.1, 0.15) is 5.75 Å². The number of rotatable bonds is 5. The van der Waals surface area contributed by atoms with Gasteiger partial charge >= 0.3 is 0 Å². The van der Waals surface area contributed by atoms with Crippen LogP contribution in [0.1, 0.15) is 5.56 Å².